The second-order valence-corrected chi connectivity index (χ2v) is 21.8. The number of piperidine rings is 2. The fourth-order valence-corrected chi connectivity index (χ4v) is 11.1. The van der Waals surface area contributed by atoms with E-state index in [1.165, 1.54) is 12.1 Å². The summed E-state index contributed by atoms with van der Waals surface area (Å²) >= 11 is 0. The van der Waals surface area contributed by atoms with Gasteiger partial charge in [0.05, 0.1) is 41.1 Å². The van der Waals surface area contributed by atoms with E-state index in [4.69, 9.17) is 14.5 Å². The number of imide groups is 2. The predicted molar refractivity (Wildman–Crippen MR) is 282 cm³/mol. The van der Waals surface area contributed by atoms with E-state index in [2.05, 4.69) is 47.3 Å². The zero-order valence-electron chi connectivity index (χ0n) is 43.7. The van der Waals surface area contributed by atoms with Crippen LogP contribution in [-0.4, -0.2) is 148 Å². The van der Waals surface area contributed by atoms with Crippen molar-refractivity contribution >= 4 is 58.2 Å². The summed E-state index contributed by atoms with van der Waals surface area (Å²) in [7, 11) is 4.04. The molecule has 18 nitrogen and oxygen atoms in total. The van der Waals surface area contributed by atoms with Crippen LogP contribution in [0, 0.1) is 11.7 Å². The smallest absolute Gasteiger partial charge is 0.417 e. The van der Waals surface area contributed by atoms with E-state index in [9.17, 15) is 28.4 Å². The molecule has 5 aliphatic heterocycles. The second-order valence-electron chi connectivity index (χ2n) is 21.8. The average Bonchev–Trinajstić information content (AvgIpc) is 4.06. The topological polar surface area (TPSA) is 177 Å². The number of aromatic nitrogens is 3. The second kappa shape index (κ2) is 21.7. The van der Waals surface area contributed by atoms with E-state index in [-0.39, 0.29) is 30.7 Å². The van der Waals surface area contributed by atoms with Crippen LogP contribution >= 0.6 is 0 Å². The van der Waals surface area contributed by atoms with Gasteiger partial charge in [-0.2, -0.15) is 0 Å². The Hall–Kier alpha value is -6.96. The number of benzene rings is 2. The highest BCUT2D eigenvalue weighted by molar-refractivity contribution is 6.12. The van der Waals surface area contributed by atoms with Crippen LogP contribution in [-0.2, 0) is 38.7 Å². The van der Waals surface area contributed by atoms with Gasteiger partial charge in [-0.3, -0.25) is 33.8 Å². The summed E-state index contributed by atoms with van der Waals surface area (Å²) in [5.74, 6) is -0.643. The van der Waals surface area contributed by atoms with Crippen LogP contribution < -0.4 is 20.4 Å². The molecule has 2 N–H and O–H groups in total. The summed E-state index contributed by atoms with van der Waals surface area (Å²) in [6.45, 7) is 14.4. The molecule has 3 fully saturated rings. The van der Waals surface area contributed by atoms with E-state index in [0.29, 0.717) is 70.5 Å². The molecule has 5 amide bonds. The Morgan fingerprint density at radius 2 is 1.65 bits per heavy atom. The third kappa shape index (κ3) is 11.4. The predicted octanol–water partition coefficient (Wildman–Crippen LogP) is 7.22. The van der Waals surface area contributed by atoms with E-state index < -0.39 is 29.5 Å². The molecule has 8 heterocycles. The first kappa shape index (κ1) is 51.5. The number of anilines is 4. The van der Waals surface area contributed by atoms with Crippen molar-refractivity contribution in [3.05, 3.63) is 101 Å². The van der Waals surface area contributed by atoms with Crippen molar-refractivity contribution in [1.29, 1.82) is 0 Å². The lowest BCUT2D eigenvalue weighted by Gasteiger charge is -2.36. The van der Waals surface area contributed by atoms with Crippen molar-refractivity contribution in [1.82, 2.24) is 39.3 Å². The minimum absolute atomic E-state index is 0.00755. The van der Waals surface area contributed by atoms with Crippen molar-refractivity contribution < 1.29 is 37.8 Å². The van der Waals surface area contributed by atoms with Crippen molar-refractivity contribution in [2.75, 3.05) is 88.2 Å². The SMILES string of the molecule is CN(C)Cc1nc(Nc2ccc(-c3cnc4cc(F)ccn34)c3c2C(=O)N(C(=O)OC(C)(C)C)C3)ccc1N1CCC(COCCCCCN2CCN(c3ccc4c(c3)CN(C3CCC(=O)NC3=O)C4=O)CC2)CC1. The van der Waals surface area contributed by atoms with Crippen molar-refractivity contribution in [3.8, 4) is 11.3 Å². The Morgan fingerprint density at radius 3 is 2.41 bits per heavy atom. The molecular weight excluding hydrogens is 958 g/mol. The molecule has 10 rings (SSSR count). The summed E-state index contributed by atoms with van der Waals surface area (Å²) in [5, 5.41) is 5.81. The number of unbranched alkanes of at least 4 members (excludes halogenated alkanes) is 2. The Labute approximate surface area is 437 Å². The van der Waals surface area contributed by atoms with Crippen LogP contribution in [0.4, 0.5) is 32.1 Å². The van der Waals surface area contributed by atoms with Gasteiger partial charge < -0.3 is 34.4 Å². The monoisotopic (exact) mass is 1030 g/mol. The van der Waals surface area contributed by atoms with Crippen molar-refractivity contribution in [2.24, 2.45) is 5.92 Å². The van der Waals surface area contributed by atoms with Crippen molar-refractivity contribution in [3.63, 3.8) is 0 Å². The fraction of sp³-hybridized carbons (Fsp3) is 0.482. The Kier molecular flexibility index (Phi) is 14.9. The summed E-state index contributed by atoms with van der Waals surface area (Å²) < 4.78 is 27.8. The van der Waals surface area contributed by atoms with Crippen LogP contribution in [0.3, 0.4) is 0 Å². The summed E-state index contributed by atoms with van der Waals surface area (Å²) in [6.07, 6.45) is 8.45. The minimum atomic E-state index is -0.809. The molecule has 3 saturated heterocycles. The standard InChI is InChI=1S/C56H68FN11O7/c1-56(2,3)75-55(73)68-33-42-41(47-31-58-49-30-38(57)19-23-66(47)49)11-12-43(51(42)54(68)72)59-48-15-13-45(44(60-48)34-62(4)5)65-21-17-36(18-22-65)35-74-28-8-6-7-20-63-24-26-64(27-25-63)39-9-10-40-37(29-39)32-67(53(40)71)46-14-16-50(69)61-52(46)70/h9-13,15,19,23,29-31,36,46H,6-8,14,16-18,20-22,24-28,32-35H2,1-5H3,(H,59,60)(H,61,69,70). The first-order chi connectivity index (χ1) is 36.1. The van der Waals surface area contributed by atoms with Gasteiger partial charge in [-0.05, 0) is 139 Å². The number of amides is 5. The molecule has 0 saturated carbocycles. The lowest BCUT2D eigenvalue weighted by molar-refractivity contribution is -0.136. The van der Waals surface area contributed by atoms with Crippen molar-refractivity contribution in [2.45, 2.75) is 97.0 Å². The van der Waals surface area contributed by atoms with E-state index >= 15 is 0 Å². The normalized spacial score (nSPS) is 18.6. The van der Waals surface area contributed by atoms with Gasteiger partial charge in [0, 0.05) is 101 Å². The maximum atomic E-state index is 14.2. The first-order valence-electron chi connectivity index (χ1n) is 26.4. The number of halogens is 1. The van der Waals surface area contributed by atoms with Gasteiger partial charge in [0.25, 0.3) is 11.8 Å². The minimum Gasteiger partial charge on any atom is -0.443 e. The number of rotatable bonds is 16. The molecule has 5 aliphatic rings. The molecule has 0 spiro atoms. The van der Waals surface area contributed by atoms with Gasteiger partial charge >= 0.3 is 6.09 Å². The van der Waals surface area contributed by atoms with Crippen LogP contribution in [0.15, 0.2) is 67.0 Å². The number of hydrogen-bond acceptors (Lipinski definition) is 14. The number of nitrogens with zero attached hydrogens (tertiary/aromatic N) is 9. The van der Waals surface area contributed by atoms with Gasteiger partial charge in [0.15, 0.2) is 0 Å². The number of fused-ring (bicyclic) bond motifs is 3. The lowest BCUT2D eigenvalue weighted by atomic mass is 9.97. The van der Waals surface area contributed by atoms with Gasteiger partial charge in [0.2, 0.25) is 11.8 Å². The number of hydrogen-bond donors (Lipinski definition) is 2. The largest absolute Gasteiger partial charge is 0.443 e. The number of nitrogens with one attached hydrogen (secondary N) is 2. The molecule has 3 aromatic heterocycles. The number of carbonyl (C=O) groups excluding carboxylic acids is 5. The number of piperazine rings is 1. The molecule has 1 unspecified atom stereocenters. The summed E-state index contributed by atoms with van der Waals surface area (Å²) in [6, 6.07) is 15.8. The van der Waals surface area contributed by atoms with Gasteiger partial charge in [-0.15, -0.1) is 0 Å². The molecule has 19 heteroatoms. The summed E-state index contributed by atoms with van der Waals surface area (Å²) in [4.78, 5) is 86.6. The van der Waals surface area contributed by atoms with E-state index in [1.807, 2.05) is 44.4 Å². The molecule has 2 aromatic carbocycles. The molecule has 0 bridgehead atoms. The highest BCUT2D eigenvalue weighted by atomic mass is 19.1. The molecule has 75 heavy (non-hydrogen) atoms. The molecular formula is C56H68FN11O7. The van der Waals surface area contributed by atoms with Gasteiger partial charge in [-0.1, -0.05) is 6.07 Å². The van der Waals surface area contributed by atoms with E-state index in [1.54, 1.807) is 42.5 Å². The molecule has 0 aliphatic carbocycles. The van der Waals surface area contributed by atoms with Crippen LogP contribution in [0.1, 0.15) is 103 Å². The number of ether oxygens (including phenoxy) is 2. The van der Waals surface area contributed by atoms with Gasteiger partial charge in [0.1, 0.15) is 28.9 Å². The molecule has 396 valence electrons. The molecule has 5 aromatic rings. The number of carbonyl (C=O) groups is 5. The molecule has 1 atom stereocenters. The Bertz CT molecular complexity index is 2990. The molecule has 0 radical (unpaired) electrons. The Balaban J connectivity index is 0.682. The third-order valence-electron chi connectivity index (χ3n) is 14.9. The van der Waals surface area contributed by atoms with E-state index in [0.717, 1.165) is 119 Å². The van der Waals surface area contributed by atoms with Gasteiger partial charge in [-0.25, -0.2) is 24.1 Å². The fourth-order valence-electron chi connectivity index (χ4n) is 11.1. The Morgan fingerprint density at radius 1 is 0.867 bits per heavy atom. The van der Waals surface area contributed by atoms with Crippen LogP contribution in [0.5, 0.6) is 0 Å². The number of pyridine rings is 2. The highest BCUT2D eigenvalue weighted by Crippen LogP contribution is 2.40. The zero-order chi connectivity index (χ0) is 52.5. The third-order valence-corrected chi connectivity index (χ3v) is 14.9. The van der Waals surface area contributed by atoms with Crippen LogP contribution in [0.2, 0.25) is 0 Å². The lowest BCUT2D eigenvalue weighted by Crippen LogP contribution is -2.52. The summed E-state index contributed by atoms with van der Waals surface area (Å²) in [5.41, 5.74) is 7.11. The van der Waals surface area contributed by atoms with Crippen LogP contribution in [0.25, 0.3) is 16.9 Å². The quantitative estimate of drug-likeness (QED) is 0.0748. The first-order valence-corrected chi connectivity index (χ1v) is 26.4. The zero-order valence-corrected chi connectivity index (χ0v) is 43.7. The average molecular weight is 1030 g/mol. The maximum Gasteiger partial charge on any atom is 0.417 e. The highest BCUT2D eigenvalue weighted by Gasteiger charge is 2.41. The number of imidazole rings is 1. The maximum absolute atomic E-state index is 14.2.